The quantitative estimate of drug-likeness (QED) is 0.752. The molecule has 1 aliphatic heterocycles. The number of aryl methyl sites for hydroxylation is 3. The van der Waals surface area contributed by atoms with E-state index in [0.29, 0.717) is 13.0 Å². The first kappa shape index (κ1) is 14.3. The van der Waals surface area contributed by atoms with Crippen LogP contribution in [0.15, 0.2) is 21.0 Å². The van der Waals surface area contributed by atoms with Crippen molar-refractivity contribution in [1.29, 1.82) is 0 Å². The molecule has 0 aliphatic carbocycles. The van der Waals surface area contributed by atoms with Crippen molar-refractivity contribution in [2.24, 2.45) is 5.92 Å². The summed E-state index contributed by atoms with van der Waals surface area (Å²) in [5, 5.41) is 14.7. The summed E-state index contributed by atoms with van der Waals surface area (Å²) in [6, 6.07) is 4.00. The third-order valence-corrected chi connectivity index (χ3v) is 4.82. The average Bonchev–Trinajstić information content (AvgIpc) is 3.17. The summed E-state index contributed by atoms with van der Waals surface area (Å²) in [4.78, 5) is 11.3. The van der Waals surface area contributed by atoms with Gasteiger partial charge >= 0.3 is 5.97 Å². The molecule has 5 heteroatoms. The number of benzene rings is 1. The average molecular weight is 313 g/mol. The van der Waals surface area contributed by atoms with Crippen LogP contribution in [0, 0.1) is 26.7 Å². The number of nitrogens with one attached hydrogen (secondary N) is 1. The molecule has 0 bridgehead atoms. The van der Waals surface area contributed by atoms with Crippen molar-refractivity contribution >= 4 is 27.9 Å². The van der Waals surface area contributed by atoms with Crippen LogP contribution in [0.4, 0.5) is 0 Å². The van der Waals surface area contributed by atoms with E-state index >= 15 is 0 Å². The largest absolute Gasteiger partial charge is 0.481 e. The van der Waals surface area contributed by atoms with Gasteiger partial charge in [0.2, 0.25) is 0 Å². The van der Waals surface area contributed by atoms with Crippen molar-refractivity contribution in [3.8, 4) is 0 Å². The van der Waals surface area contributed by atoms with Crippen molar-refractivity contribution in [2.75, 3.05) is 6.54 Å². The number of carbonyl (C=O) groups is 1. The number of hydrogen-bond acceptors (Lipinski definition) is 4. The molecule has 2 aromatic heterocycles. The summed E-state index contributed by atoms with van der Waals surface area (Å²) in [6.07, 6.45) is 0.562. The molecule has 0 spiro atoms. The van der Waals surface area contributed by atoms with Gasteiger partial charge in [-0.15, -0.1) is 0 Å². The molecule has 1 aromatic carbocycles. The van der Waals surface area contributed by atoms with Crippen LogP contribution in [0.25, 0.3) is 21.9 Å². The zero-order valence-electron chi connectivity index (χ0n) is 13.4. The van der Waals surface area contributed by atoms with Gasteiger partial charge in [0.25, 0.3) is 0 Å². The maximum atomic E-state index is 11.3. The third-order valence-electron chi connectivity index (χ3n) is 4.82. The highest BCUT2D eigenvalue weighted by Gasteiger charge is 2.34. The van der Waals surface area contributed by atoms with E-state index in [2.05, 4.69) is 5.32 Å². The molecule has 23 heavy (non-hydrogen) atoms. The Balaban J connectivity index is 1.99. The predicted octanol–water partition coefficient (Wildman–Crippen LogP) is 3.84. The van der Waals surface area contributed by atoms with Gasteiger partial charge in [-0.1, -0.05) is 0 Å². The number of furan rings is 2. The summed E-state index contributed by atoms with van der Waals surface area (Å²) in [5.41, 5.74) is 3.80. The first-order chi connectivity index (χ1) is 11.0. The number of rotatable bonds is 2. The minimum atomic E-state index is -0.751. The van der Waals surface area contributed by atoms with Crippen LogP contribution in [0.2, 0.25) is 0 Å². The molecule has 120 valence electrons. The standard InChI is InChI=1S/C18H19NO4/c1-8-4-12-10(3)16-13(5-9(2)22-16)15(17(12)23-8)14-6-11(7-19-14)18(20)21/h4-5,11,14,19H,6-7H2,1-3H3,(H,20,21). The van der Waals surface area contributed by atoms with Gasteiger partial charge in [0.15, 0.2) is 0 Å². The predicted molar refractivity (Wildman–Crippen MR) is 86.7 cm³/mol. The second kappa shape index (κ2) is 4.86. The lowest BCUT2D eigenvalue weighted by molar-refractivity contribution is -0.141. The highest BCUT2D eigenvalue weighted by Crippen LogP contribution is 2.42. The Morgan fingerprint density at radius 1 is 1.13 bits per heavy atom. The Kier molecular flexibility index (Phi) is 3.03. The molecule has 2 N–H and O–H groups in total. The summed E-state index contributed by atoms with van der Waals surface area (Å²) < 4.78 is 11.9. The molecular weight excluding hydrogens is 294 g/mol. The molecule has 5 nitrogen and oxygen atoms in total. The molecule has 1 saturated heterocycles. The van der Waals surface area contributed by atoms with E-state index in [-0.39, 0.29) is 12.0 Å². The first-order valence-corrected chi connectivity index (χ1v) is 7.84. The fourth-order valence-corrected chi connectivity index (χ4v) is 3.72. The summed E-state index contributed by atoms with van der Waals surface area (Å²) in [6.45, 7) is 6.37. The van der Waals surface area contributed by atoms with E-state index < -0.39 is 5.97 Å². The molecule has 1 aliphatic rings. The minimum absolute atomic E-state index is 0.0377. The number of fused-ring (bicyclic) bond motifs is 2. The molecule has 1 fully saturated rings. The van der Waals surface area contributed by atoms with Crippen molar-refractivity contribution in [1.82, 2.24) is 5.32 Å². The van der Waals surface area contributed by atoms with Gasteiger partial charge in [0.1, 0.15) is 22.7 Å². The normalized spacial score (nSPS) is 21.5. The van der Waals surface area contributed by atoms with Crippen LogP contribution in [0.5, 0.6) is 0 Å². The van der Waals surface area contributed by atoms with Crippen LogP contribution < -0.4 is 5.32 Å². The van der Waals surface area contributed by atoms with E-state index in [1.54, 1.807) is 0 Å². The number of hydrogen-bond donors (Lipinski definition) is 2. The molecule has 3 heterocycles. The molecule has 4 rings (SSSR count). The fraction of sp³-hybridized carbons (Fsp3) is 0.389. The number of carboxylic acid groups (broad SMARTS) is 1. The van der Waals surface area contributed by atoms with E-state index in [4.69, 9.17) is 8.83 Å². The van der Waals surface area contributed by atoms with Gasteiger partial charge in [0.05, 0.1) is 5.92 Å². The molecular formula is C18H19NO4. The Bertz CT molecular complexity index is 876. The van der Waals surface area contributed by atoms with Crippen molar-refractivity contribution in [3.05, 3.63) is 34.8 Å². The van der Waals surface area contributed by atoms with E-state index in [0.717, 1.165) is 44.6 Å². The third kappa shape index (κ3) is 2.07. The molecule has 0 radical (unpaired) electrons. The minimum Gasteiger partial charge on any atom is -0.481 e. The monoisotopic (exact) mass is 313 g/mol. The van der Waals surface area contributed by atoms with Gasteiger partial charge in [-0.2, -0.15) is 0 Å². The smallest absolute Gasteiger partial charge is 0.307 e. The second-order valence-electron chi connectivity index (χ2n) is 6.47. The Morgan fingerprint density at radius 2 is 1.78 bits per heavy atom. The summed E-state index contributed by atoms with van der Waals surface area (Å²) in [5.74, 6) is 0.581. The fourth-order valence-electron chi connectivity index (χ4n) is 3.72. The lowest BCUT2D eigenvalue weighted by Crippen LogP contribution is -2.17. The van der Waals surface area contributed by atoms with Crippen LogP contribution >= 0.6 is 0 Å². The highest BCUT2D eigenvalue weighted by atomic mass is 16.4. The van der Waals surface area contributed by atoms with Crippen LogP contribution in [-0.4, -0.2) is 17.6 Å². The van der Waals surface area contributed by atoms with Gasteiger partial charge in [-0.05, 0) is 39.3 Å². The molecule has 0 saturated carbocycles. The summed E-state index contributed by atoms with van der Waals surface area (Å²) in [7, 11) is 0. The van der Waals surface area contributed by atoms with E-state index in [1.807, 2.05) is 32.9 Å². The van der Waals surface area contributed by atoms with Crippen molar-refractivity contribution < 1.29 is 18.7 Å². The maximum Gasteiger partial charge on any atom is 0.307 e. The van der Waals surface area contributed by atoms with Crippen LogP contribution in [0.3, 0.4) is 0 Å². The van der Waals surface area contributed by atoms with Crippen molar-refractivity contribution in [2.45, 2.75) is 33.2 Å². The SMILES string of the molecule is Cc1cc2c(C3CC(C(=O)O)CN3)c3oc(C)cc3c(C)c2o1. The van der Waals surface area contributed by atoms with Crippen molar-refractivity contribution in [3.63, 3.8) is 0 Å². The second-order valence-corrected chi connectivity index (χ2v) is 6.47. The van der Waals surface area contributed by atoms with E-state index in [9.17, 15) is 9.90 Å². The topological polar surface area (TPSA) is 75.6 Å². The number of aliphatic carboxylic acids is 1. The molecule has 3 aromatic rings. The first-order valence-electron chi connectivity index (χ1n) is 7.84. The molecule has 0 amide bonds. The highest BCUT2D eigenvalue weighted by molar-refractivity contribution is 6.02. The molecule has 2 unspecified atom stereocenters. The maximum absolute atomic E-state index is 11.3. The zero-order chi connectivity index (χ0) is 16.3. The van der Waals surface area contributed by atoms with Gasteiger partial charge in [0, 0.05) is 34.5 Å². The summed E-state index contributed by atoms with van der Waals surface area (Å²) >= 11 is 0. The van der Waals surface area contributed by atoms with Crippen LogP contribution in [-0.2, 0) is 4.79 Å². The Labute approximate surface area is 133 Å². The lowest BCUT2D eigenvalue weighted by atomic mass is 9.94. The number of carboxylic acids is 1. The van der Waals surface area contributed by atoms with Gasteiger partial charge in [-0.25, -0.2) is 0 Å². The van der Waals surface area contributed by atoms with Gasteiger partial charge < -0.3 is 19.3 Å². The Morgan fingerprint density at radius 3 is 2.43 bits per heavy atom. The Hall–Kier alpha value is -2.27. The lowest BCUT2D eigenvalue weighted by Gasteiger charge is -2.14. The van der Waals surface area contributed by atoms with Gasteiger partial charge in [-0.3, -0.25) is 4.79 Å². The zero-order valence-corrected chi connectivity index (χ0v) is 13.4. The molecule has 2 atom stereocenters. The van der Waals surface area contributed by atoms with Crippen LogP contribution in [0.1, 0.15) is 35.1 Å². The van der Waals surface area contributed by atoms with E-state index in [1.165, 1.54) is 0 Å².